The van der Waals surface area contributed by atoms with Crippen LogP contribution in [0.1, 0.15) is 31.7 Å². The molecule has 5 nitrogen and oxygen atoms in total. The van der Waals surface area contributed by atoms with Crippen molar-refractivity contribution in [2.24, 2.45) is 10.9 Å². The molecular weight excluding hydrogens is 439 g/mol. The van der Waals surface area contributed by atoms with Gasteiger partial charge in [-0.1, -0.05) is 37.3 Å². The van der Waals surface area contributed by atoms with Gasteiger partial charge in [0.05, 0.1) is 13.2 Å². The molecule has 1 heterocycles. The van der Waals surface area contributed by atoms with Crippen LogP contribution in [0.4, 0.5) is 0 Å². The number of guanidine groups is 1. The van der Waals surface area contributed by atoms with Crippen LogP contribution in [0, 0.1) is 5.92 Å². The number of likely N-dealkylation sites (tertiary alicyclic amines) is 1. The first-order valence-corrected chi connectivity index (χ1v) is 9.56. The number of nitrogens with one attached hydrogen (secondary N) is 2. The number of nitrogens with zero attached hydrogens (tertiary/aromatic N) is 2. The average molecular weight is 474 g/mol. The van der Waals surface area contributed by atoms with Crippen molar-refractivity contribution in [3.05, 3.63) is 35.9 Å². The number of halogens is 1. The summed E-state index contributed by atoms with van der Waals surface area (Å²) in [5.74, 6) is 1.32. The lowest BCUT2D eigenvalue weighted by Crippen LogP contribution is -2.41. The Balaban J connectivity index is 0.00000338. The molecule has 1 unspecified atom stereocenters. The van der Waals surface area contributed by atoms with Crippen molar-refractivity contribution in [3.63, 3.8) is 0 Å². The van der Waals surface area contributed by atoms with Gasteiger partial charge in [0.15, 0.2) is 5.96 Å². The normalized spacial score (nSPS) is 16.2. The molecule has 0 bridgehead atoms. The molecule has 1 aliphatic heterocycles. The van der Waals surface area contributed by atoms with Gasteiger partial charge in [-0.25, -0.2) is 0 Å². The van der Waals surface area contributed by atoms with E-state index in [1.54, 1.807) is 0 Å². The monoisotopic (exact) mass is 474 g/mol. The molecule has 2 rings (SSSR count). The summed E-state index contributed by atoms with van der Waals surface area (Å²) in [6, 6.07) is 10.3. The Kier molecular flexibility index (Phi) is 12.7. The van der Waals surface area contributed by atoms with Crippen molar-refractivity contribution < 1.29 is 4.74 Å². The molecule has 1 saturated heterocycles. The lowest BCUT2D eigenvalue weighted by atomic mass is 10.2. The zero-order valence-electron chi connectivity index (χ0n) is 16.2. The largest absolute Gasteiger partial charge is 0.376 e. The zero-order chi connectivity index (χ0) is 17.7. The first-order chi connectivity index (χ1) is 12.3. The average Bonchev–Trinajstić information content (AvgIpc) is 3.15. The molecule has 1 atom stereocenters. The Labute approximate surface area is 176 Å². The first-order valence-electron chi connectivity index (χ1n) is 9.56. The third-order valence-corrected chi connectivity index (χ3v) is 4.50. The minimum Gasteiger partial charge on any atom is -0.376 e. The van der Waals surface area contributed by atoms with Crippen LogP contribution in [0.25, 0.3) is 0 Å². The summed E-state index contributed by atoms with van der Waals surface area (Å²) in [7, 11) is 1.83. The van der Waals surface area contributed by atoms with Gasteiger partial charge >= 0.3 is 0 Å². The van der Waals surface area contributed by atoms with E-state index in [0.717, 1.165) is 32.1 Å². The molecule has 6 heteroatoms. The number of rotatable bonds is 10. The van der Waals surface area contributed by atoms with Gasteiger partial charge in [0.1, 0.15) is 0 Å². The molecule has 1 aromatic carbocycles. The van der Waals surface area contributed by atoms with Crippen LogP contribution >= 0.6 is 24.0 Å². The number of ether oxygens (including phenoxy) is 1. The van der Waals surface area contributed by atoms with Crippen LogP contribution in [0.2, 0.25) is 0 Å². The Morgan fingerprint density at radius 1 is 1.19 bits per heavy atom. The van der Waals surface area contributed by atoms with Gasteiger partial charge in [0.2, 0.25) is 0 Å². The fourth-order valence-corrected chi connectivity index (χ4v) is 3.02. The van der Waals surface area contributed by atoms with Gasteiger partial charge in [-0.2, -0.15) is 0 Å². The Morgan fingerprint density at radius 2 is 1.92 bits per heavy atom. The highest BCUT2D eigenvalue weighted by molar-refractivity contribution is 14.0. The maximum Gasteiger partial charge on any atom is 0.190 e. The number of benzene rings is 1. The van der Waals surface area contributed by atoms with Crippen LogP contribution < -0.4 is 10.6 Å². The molecule has 1 aliphatic rings. The third kappa shape index (κ3) is 9.73. The second-order valence-corrected chi connectivity index (χ2v) is 6.89. The van der Waals surface area contributed by atoms with Crippen LogP contribution in [0.5, 0.6) is 0 Å². The predicted molar refractivity (Wildman–Crippen MR) is 120 cm³/mol. The molecule has 148 valence electrons. The quantitative estimate of drug-likeness (QED) is 0.237. The maximum absolute atomic E-state index is 5.80. The minimum absolute atomic E-state index is 0. The highest BCUT2D eigenvalue weighted by Crippen LogP contribution is 2.07. The van der Waals surface area contributed by atoms with Gasteiger partial charge in [-0.15, -0.1) is 24.0 Å². The van der Waals surface area contributed by atoms with Gasteiger partial charge < -0.3 is 20.3 Å². The van der Waals surface area contributed by atoms with Gasteiger partial charge in [-0.3, -0.25) is 4.99 Å². The van der Waals surface area contributed by atoms with Crippen LogP contribution in [0.15, 0.2) is 35.3 Å². The summed E-state index contributed by atoms with van der Waals surface area (Å²) in [4.78, 5) is 6.84. The summed E-state index contributed by atoms with van der Waals surface area (Å²) in [5, 5.41) is 6.79. The molecule has 0 radical (unpaired) electrons. The van der Waals surface area contributed by atoms with Crippen LogP contribution in [-0.4, -0.2) is 57.2 Å². The lowest BCUT2D eigenvalue weighted by Gasteiger charge is -2.17. The summed E-state index contributed by atoms with van der Waals surface area (Å²) >= 11 is 0. The van der Waals surface area contributed by atoms with Crippen molar-refractivity contribution in [2.75, 3.05) is 46.4 Å². The molecule has 0 saturated carbocycles. The second kappa shape index (κ2) is 14.2. The number of aliphatic imine (C=N–C) groups is 1. The van der Waals surface area contributed by atoms with E-state index in [2.05, 4.69) is 39.6 Å². The van der Waals surface area contributed by atoms with E-state index in [9.17, 15) is 0 Å². The van der Waals surface area contributed by atoms with Crippen molar-refractivity contribution >= 4 is 29.9 Å². The molecule has 0 aromatic heterocycles. The summed E-state index contributed by atoms with van der Waals surface area (Å²) in [6.07, 6.45) is 3.89. The third-order valence-electron chi connectivity index (χ3n) is 4.50. The minimum atomic E-state index is 0. The van der Waals surface area contributed by atoms with Crippen molar-refractivity contribution in [3.8, 4) is 0 Å². The zero-order valence-corrected chi connectivity index (χ0v) is 18.6. The Bertz CT molecular complexity index is 492. The van der Waals surface area contributed by atoms with E-state index in [-0.39, 0.29) is 24.0 Å². The summed E-state index contributed by atoms with van der Waals surface area (Å²) < 4.78 is 5.80. The highest BCUT2D eigenvalue weighted by Gasteiger charge is 2.10. The van der Waals surface area contributed by atoms with Crippen LogP contribution in [-0.2, 0) is 11.3 Å². The van der Waals surface area contributed by atoms with Crippen molar-refractivity contribution in [1.82, 2.24) is 15.5 Å². The molecule has 1 fully saturated rings. The molecule has 0 aliphatic carbocycles. The van der Waals surface area contributed by atoms with Gasteiger partial charge in [0, 0.05) is 20.1 Å². The number of hydrogen-bond acceptors (Lipinski definition) is 3. The highest BCUT2D eigenvalue weighted by atomic mass is 127. The lowest BCUT2D eigenvalue weighted by molar-refractivity contribution is 0.0931. The second-order valence-electron chi connectivity index (χ2n) is 6.89. The standard InChI is InChI=1S/C20H34N4O.HI/c1-18(16-25-17-19-9-4-3-5-10-19)15-23-20(21-2)22-11-8-14-24-12-6-7-13-24;/h3-5,9-10,18H,6-8,11-17H2,1-2H3,(H2,21,22,23);1H. The SMILES string of the molecule is CN=C(NCCCN1CCCC1)NCC(C)COCc1ccccc1.I. The Morgan fingerprint density at radius 3 is 2.62 bits per heavy atom. The summed E-state index contributed by atoms with van der Waals surface area (Å²) in [6.45, 7) is 9.17. The topological polar surface area (TPSA) is 48.9 Å². The molecule has 0 spiro atoms. The maximum atomic E-state index is 5.80. The molecule has 26 heavy (non-hydrogen) atoms. The van der Waals surface area contributed by atoms with E-state index in [4.69, 9.17) is 4.74 Å². The van der Waals surface area contributed by atoms with Crippen molar-refractivity contribution in [1.29, 1.82) is 0 Å². The molecule has 2 N–H and O–H groups in total. The fourth-order valence-electron chi connectivity index (χ4n) is 3.02. The van der Waals surface area contributed by atoms with Crippen molar-refractivity contribution in [2.45, 2.75) is 32.8 Å². The van der Waals surface area contributed by atoms with Crippen LogP contribution in [0.3, 0.4) is 0 Å². The molecule has 1 aromatic rings. The Hall–Kier alpha value is -0.860. The van der Waals surface area contributed by atoms with E-state index < -0.39 is 0 Å². The fraction of sp³-hybridized carbons (Fsp3) is 0.650. The van der Waals surface area contributed by atoms with E-state index in [1.807, 2.05) is 25.2 Å². The predicted octanol–water partition coefficient (Wildman–Crippen LogP) is 3.11. The van der Waals surface area contributed by atoms with E-state index in [1.165, 1.54) is 38.0 Å². The van der Waals surface area contributed by atoms with Gasteiger partial charge in [-0.05, 0) is 50.4 Å². The smallest absolute Gasteiger partial charge is 0.190 e. The van der Waals surface area contributed by atoms with E-state index >= 15 is 0 Å². The molecular formula is C20H35IN4O. The van der Waals surface area contributed by atoms with Gasteiger partial charge in [0.25, 0.3) is 0 Å². The first kappa shape index (κ1) is 23.2. The van der Waals surface area contributed by atoms with E-state index in [0.29, 0.717) is 12.5 Å². The number of hydrogen-bond donors (Lipinski definition) is 2. The summed E-state index contributed by atoms with van der Waals surface area (Å²) in [5.41, 5.74) is 1.22. The molecule has 0 amide bonds.